The summed E-state index contributed by atoms with van der Waals surface area (Å²) in [5.74, 6) is -1.76. The van der Waals surface area contributed by atoms with Gasteiger partial charge in [-0.3, -0.25) is 26.6 Å². The molecule has 2 heterocycles. The van der Waals surface area contributed by atoms with Crippen LogP contribution in [0.3, 0.4) is 0 Å². The van der Waals surface area contributed by atoms with Crippen LogP contribution < -0.4 is 26.6 Å². The number of aromatic nitrogens is 5. The highest BCUT2D eigenvalue weighted by atomic mass is 32.2. The van der Waals surface area contributed by atoms with Gasteiger partial charge in [0.05, 0.1) is 10.4 Å². The highest BCUT2D eigenvalue weighted by Crippen LogP contribution is 2.25. The van der Waals surface area contributed by atoms with Crippen molar-refractivity contribution < 1.29 is 96.7 Å². The molecular weight excluding hydrogens is 1320 g/mol. The van der Waals surface area contributed by atoms with E-state index in [1.54, 1.807) is 163 Å². The van der Waals surface area contributed by atoms with E-state index in [9.17, 15) is 63.6 Å². The molecule has 530 valence electrons. The van der Waals surface area contributed by atoms with Crippen molar-refractivity contribution in [3.63, 3.8) is 0 Å². The van der Waals surface area contributed by atoms with Crippen LogP contribution in [0, 0.1) is 6.92 Å². The zero-order chi connectivity index (χ0) is 73.7. The summed E-state index contributed by atoms with van der Waals surface area (Å²) in [5.41, 5.74) is -9.18. The molecule has 32 nitrogen and oxygen atoms in total. The van der Waals surface area contributed by atoms with Gasteiger partial charge in [0.2, 0.25) is 17.9 Å². The fourth-order valence-corrected chi connectivity index (χ4v) is 7.37. The third-order valence-electron chi connectivity index (χ3n) is 8.75. The lowest BCUT2D eigenvalue weighted by Gasteiger charge is -2.22. The van der Waals surface area contributed by atoms with Crippen LogP contribution >= 0.6 is 11.8 Å². The standard InChI is InChI=1S/C17H23N5O4.C16H20N4O4S.C12H20F3N3O6S.C12H22N2O4S/c1-16(2,3)25-14(23)18-13(19-15(24)26-17(4,5)6)22-12-10-8-7-9-11(12)20-21-22;1-12-6-8-13(9-7-12)25(22,23)19-14(20-11-5-10-17-20)18-15(21)24-16(2,3)4;1-10(2,3)23-8(19)16-7(17-9(20)24-11(4,5)6)18-25(21,22)12(13,14)15;1-11(2,3)17-9(15)13-8(19-7)14-10(16)18-12(4,5)6/h7-10H,1-6H3,(H,18,19,23,24);5-11H,1-4H3,(H,18,19,21);1-6H3,(H2,16,17,18,19,20);1-7H3,(H,13,14,15,16). The predicted molar refractivity (Wildman–Crippen MR) is 346 cm³/mol. The molecule has 4 rings (SSSR count). The maximum atomic E-state index is 12.5. The van der Waals surface area contributed by atoms with Crippen LogP contribution in [0.1, 0.15) is 151 Å². The van der Waals surface area contributed by atoms with Crippen molar-refractivity contribution in [1.82, 2.24) is 51.4 Å². The van der Waals surface area contributed by atoms with Crippen LogP contribution in [0.15, 0.2) is 90.7 Å². The Balaban J connectivity index is 0.000000638. The molecule has 5 N–H and O–H groups in total. The molecular formula is C57H85F3N14O18S3. The largest absolute Gasteiger partial charge is 0.518 e. The van der Waals surface area contributed by atoms with Crippen molar-refractivity contribution in [3.05, 3.63) is 72.6 Å². The number of para-hydroxylation sites is 1. The number of aliphatic imine (C=N–C) groups is 2. The molecule has 0 fully saturated rings. The summed E-state index contributed by atoms with van der Waals surface area (Å²) < 4.78 is 128. The molecule has 0 aliphatic carbocycles. The van der Waals surface area contributed by atoms with E-state index in [0.717, 1.165) is 22.0 Å². The Kier molecular flexibility index (Phi) is 30.0. The fraction of sp³-hybridized carbons (Fsp3) is 0.544. The zero-order valence-electron chi connectivity index (χ0n) is 57.1. The van der Waals surface area contributed by atoms with Gasteiger partial charge in [0.25, 0.3) is 10.0 Å². The van der Waals surface area contributed by atoms with E-state index in [2.05, 4.69) is 50.1 Å². The van der Waals surface area contributed by atoms with Crippen LogP contribution in [0.5, 0.6) is 0 Å². The summed E-state index contributed by atoms with van der Waals surface area (Å²) in [6.45, 7) is 36.4. The van der Waals surface area contributed by atoms with Gasteiger partial charge in [-0.1, -0.05) is 46.8 Å². The number of guanidine groups is 1. The Hall–Kier alpha value is -8.94. The highest BCUT2D eigenvalue weighted by molar-refractivity contribution is 8.13. The average molecular weight is 1410 g/mol. The number of carbonyl (C=O) groups excluding carboxylic acids is 7. The molecule has 0 aliphatic heterocycles. The number of thioether (sulfide) groups is 1. The number of nitrogens with one attached hydrogen (secondary N) is 5. The van der Waals surface area contributed by atoms with E-state index in [1.165, 1.54) is 70.8 Å². The number of fused-ring (bicyclic) bond motifs is 1. The van der Waals surface area contributed by atoms with Gasteiger partial charge in [-0.15, -0.1) is 18.9 Å². The topological polar surface area (TPSA) is 410 Å². The summed E-state index contributed by atoms with van der Waals surface area (Å²) in [7, 11) is -10.1. The molecule has 95 heavy (non-hydrogen) atoms. The van der Waals surface area contributed by atoms with Crippen LogP contribution in [-0.4, -0.2) is 158 Å². The Morgan fingerprint density at radius 3 is 1.27 bits per heavy atom. The molecule has 0 saturated carbocycles. The van der Waals surface area contributed by atoms with Crippen LogP contribution in [-0.2, 0) is 53.2 Å². The number of sulfonamides is 2. The molecule has 0 aliphatic rings. The SMILES string of the molecule is CC(C)(C)OC(=O)N=C(NC(=O)OC(C)(C)C)n1nnc2ccccc21.CC(C)(C)OC(=O)NC(=NS(=O)(=O)C(F)(F)F)NC(=O)OC(C)(C)C.CSC(=NC(=O)OC(C)(C)C)NC(=O)OC(C)(C)C.Cc1ccc(S(=O)(=O)N=C(NC(=O)OC(C)(C)C)n2cccn2)cc1. The number of ether oxygens (including phenoxy) is 7. The third kappa shape index (κ3) is 36.9. The van der Waals surface area contributed by atoms with Gasteiger partial charge < -0.3 is 33.2 Å². The normalized spacial score (nSPS) is 12.8. The summed E-state index contributed by atoms with van der Waals surface area (Å²) >= 11 is 1.12. The first-order chi connectivity index (χ1) is 42.8. The van der Waals surface area contributed by atoms with Gasteiger partial charge in [0.15, 0.2) is 5.17 Å². The third-order valence-corrected chi connectivity index (χ3v) is 11.6. The number of alkyl halides is 3. The molecule has 0 saturated heterocycles. The van der Waals surface area contributed by atoms with Gasteiger partial charge in [0, 0.05) is 12.4 Å². The van der Waals surface area contributed by atoms with Crippen molar-refractivity contribution >= 4 is 109 Å². The van der Waals surface area contributed by atoms with E-state index in [-0.39, 0.29) is 22.0 Å². The maximum absolute atomic E-state index is 12.5. The first kappa shape index (κ1) is 84.1. The molecule has 38 heteroatoms. The number of nitrogens with zero attached hydrogens (tertiary/aromatic N) is 9. The zero-order valence-corrected chi connectivity index (χ0v) is 59.5. The van der Waals surface area contributed by atoms with Gasteiger partial charge in [-0.05, 0) is 189 Å². The number of alkyl carbamates (subject to hydrolysis) is 5. The molecule has 0 atom stereocenters. The van der Waals surface area contributed by atoms with E-state index >= 15 is 0 Å². The number of halogens is 3. The van der Waals surface area contributed by atoms with Crippen molar-refractivity contribution in [2.24, 2.45) is 18.8 Å². The lowest BCUT2D eigenvalue weighted by atomic mass is 10.2. The minimum atomic E-state index is -6.03. The van der Waals surface area contributed by atoms with Crippen molar-refractivity contribution in [2.45, 2.75) is 202 Å². The highest BCUT2D eigenvalue weighted by Gasteiger charge is 2.47. The molecule has 4 aromatic rings. The second-order valence-electron chi connectivity index (χ2n) is 26.2. The summed E-state index contributed by atoms with van der Waals surface area (Å²) in [4.78, 5) is 89.9. The Morgan fingerprint density at radius 2 is 0.884 bits per heavy atom. The smallest absolute Gasteiger partial charge is 0.444 e. The molecule has 0 radical (unpaired) electrons. The molecule has 7 amide bonds. The number of hydrogen-bond donors (Lipinski definition) is 5. The lowest BCUT2D eigenvalue weighted by molar-refractivity contribution is -0.0436. The van der Waals surface area contributed by atoms with Gasteiger partial charge in [-0.25, -0.2) is 38.2 Å². The van der Waals surface area contributed by atoms with Crippen molar-refractivity contribution in [2.75, 3.05) is 6.26 Å². The quantitative estimate of drug-likeness (QED) is 0.0722. The fourth-order valence-electron chi connectivity index (χ4n) is 5.64. The number of aryl methyl sites for hydroxylation is 1. The number of carbonyl (C=O) groups is 7. The van der Waals surface area contributed by atoms with Gasteiger partial charge in [-0.2, -0.15) is 44.8 Å². The predicted octanol–water partition coefficient (Wildman–Crippen LogP) is 10.8. The number of benzene rings is 2. The second kappa shape index (κ2) is 33.9. The van der Waals surface area contributed by atoms with Crippen LogP contribution in [0.25, 0.3) is 11.0 Å². The Bertz CT molecular complexity index is 3630. The van der Waals surface area contributed by atoms with E-state index in [4.69, 9.17) is 33.2 Å². The van der Waals surface area contributed by atoms with Crippen molar-refractivity contribution in [3.8, 4) is 0 Å². The Morgan fingerprint density at radius 1 is 0.495 bits per heavy atom. The number of hydrogen-bond acceptors (Lipinski definition) is 22. The van der Waals surface area contributed by atoms with Gasteiger partial charge >= 0.3 is 58.2 Å². The molecule has 2 aromatic carbocycles. The first-order valence-electron chi connectivity index (χ1n) is 28.1. The summed E-state index contributed by atoms with van der Waals surface area (Å²) in [5, 5.41) is 22.4. The summed E-state index contributed by atoms with van der Waals surface area (Å²) in [6.07, 6.45) is -1.99. The number of amidine groups is 1. The van der Waals surface area contributed by atoms with Crippen LogP contribution in [0.2, 0.25) is 0 Å². The molecule has 0 unspecified atom stereocenters. The lowest BCUT2D eigenvalue weighted by Crippen LogP contribution is -2.48. The monoisotopic (exact) mass is 1410 g/mol. The van der Waals surface area contributed by atoms with Crippen molar-refractivity contribution in [1.29, 1.82) is 0 Å². The maximum Gasteiger partial charge on any atom is 0.518 e. The average Bonchev–Trinajstić information content (AvgIpc) is 1.79. The van der Waals surface area contributed by atoms with E-state index in [1.807, 2.05) is 6.92 Å². The molecule has 2 aromatic heterocycles. The minimum absolute atomic E-state index is 0.00810. The van der Waals surface area contributed by atoms with E-state index < -0.39 is 113 Å². The number of amides is 7. The number of rotatable bonds is 3. The molecule has 0 bridgehead atoms. The molecule has 0 spiro atoms. The first-order valence-corrected chi connectivity index (χ1v) is 32.2. The summed E-state index contributed by atoms with van der Waals surface area (Å²) in [6, 6.07) is 14.9. The van der Waals surface area contributed by atoms with E-state index in [0.29, 0.717) is 11.0 Å². The minimum Gasteiger partial charge on any atom is -0.444 e. The second-order valence-corrected chi connectivity index (χ2v) is 30.2. The van der Waals surface area contributed by atoms with Gasteiger partial charge in [0.1, 0.15) is 44.7 Å². The Labute approximate surface area is 553 Å². The van der Waals surface area contributed by atoms with Crippen LogP contribution in [0.4, 0.5) is 46.7 Å².